The van der Waals surface area contributed by atoms with E-state index in [1.165, 1.54) is 6.42 Å². The molecule has 3 rings (SSSR count). The van der Waals surface area contributed by atoms with Gasteiger partial charge in [-0.3, -0.25) is 10.3 Å². The fraction of sp³-hybridized carbons (Fsp3) is 0.667. The van der Waals surface area contributed by atoms with Gasteiger partial charge in [0.25, 0.3) is 0 Å². The molecular formula is C12H20N6O. The molecule has 2 fully saturated rings. The maximum Gasteiger partial charge on any atom is 0.239 e. The molecule has 0 amide bonds. The molecule has 1 aromatic heterocycles. The highest BCUT2D eigenvalue weighted by Crippen LogP contribution is 2.22. The van der Waals surface area contributed by atoms with Gasteiger partial charge < -0.3 is 9.64 Å². The molecule has 0 radical (unpaired) electrons. The molecule has 7 heteroatoms. The van der Waals surface area contributed by atoms with Crippen molar-refractivity contribution in [1.82, 2.24) is 14.9 Å². The van der Waals surface area contributed by atoms with E-state index in [9.17, 15) is 0 Å². The van der Waals surface area contributed by atoms with Crippen molar-refractivity contribution in [2.24, 2.45) is 5.84 Å². The zero-order valence-corrected chi connectivity index (χ0v) is 11.0. The molecule has 0 aromatic carbocycles. The van der Waals surface area contributed by atoms with E-state index in [4.69, 9.17) is 10.6 Å². The number of nitrogens with one attached hydrogen (secondary N) is 1. The minimum absolute atomic E-state index is 0.465. The van der Waals surface area contributed by atoms with Crippen LogP contribution in [0.15, 0.2) is 12.3 Å². The summed E-state index contributed by atoms with van der Waals surface area (Å²) in [4.78, 5) is 13.2. The van der Waals surface area contributed by atoms with Gasteiger partial charge in [-0.15, -0.1) is 0 Å². The number of ether oxygens (including phenoxy) is 1. The molecule has 1 atom stereocenters. The average Bonchev–Trinajstić information content (AvgIpc) is 2.98. The van der Waals surface area contributed by atoms with Crippen molar-refractivity contribution in [2.45, 2.75) is 12.5 Å². The van der Waals surface area contributed by atoms with Crippen LogP contribution in [0.2, 0.25) is 0 Å². The number of rotatable bonds is 3. The molecular weight excluding hydrogens is 244 g/mol. The molecule has 2 aliphatic heterocycles. The summed E-state index contributed by atoms with van der Waals surface area (Å²) in [6.45, 7) is 5.83. The molecule has 0 aliphatic carbocycles. The van der Waals surface area contributed by atoms with E-state index in [0.717, 1.165) is 45.2 Å². The van der Waals surface area contributed by atoms with Crippen LogP contribution in [0.5, 0.6) is 0 Å². The van der Waals surface area contributed by atoms with E-state index in [-0.39, 0.29) is 0 Å². The van der Waals surface area contributed by atoms with Crippen molar-refractivity contribution < 1.29 is 4.74 Å². The van der Waals surface area contributed by atoms with Gasteiger partial charge in [0.2, 0.25) is 5.95 Å². The molecule has 1 unspecified atom stereocenters. The lowest BCUT2D eigenvalue weighted by atomic mass is 10.2. The fourth-order valence-electron chi connectivity index (χ4n) is 2.79. The summed E-state index contributed by atoms with van der Waals surface area (Å²) in [5.74, 6) is 6.75. The Kier molecular flexibility index (Phi) is 3.77. The van der Waals surface area contributed by atoms with Gasteiger partial charge in [-0.05, 0) is 12.5 Å². The third kappa shape index (κ3) is 2.78. The fourth-order valence-corrected chi connectivity index (χ4v) is 2.79. The standard InChI is InChI=1S/C12H20N6O/c13-16-12-14-3-1-11(15-12)18-4-2-10(9-18)17-5-7-19-8-6-17/h1,3,10H,2,4-9,13H2,(H,14,15,16). The monoisotopic (exact) mass is 264 g/mol. The molecule has 0 bridgehead atoms. The lowest BCUT2D eigenvalue weighted by Crippen LogP contribution is -2.44. The Bertz CT molecular complexity index is 422. The van der Waals surface area contributed by atoms with Crippen LogP contribution < -0.4 is 16.2 Å². The summed E-state index contributed by atoms with van der Waals surface area (Å²) in [5.41, 5.74) is 2.49. The second-order valence-electron chi connectivity index (χ2n) is 4.92. The van der Waals surface area contributed by atoms with Gasteiger partial charge >= 0.3 is 0 Å². The highest BCUT2D eigenvalue weighted by Gasteiger charge is 2.29. The number of nitrogens with two attached hydrogens (primary N) is 1. The van der Waals surface area contributed by atoms with Gasteiger partial charge in [-0.1, -0.05) is 0 Å². The lowest BCUT2D eigenvalue weighted by molar-refractivity contribution is 0.0209. The Morgan fingerprint density at radius 2 is 2.16 bits per heavy atom. The van der Waals surface area contributed by atoms with Crippen LogP contribution in [-0.2, 0) is 4.74 Å². The smallest absolute Gasteiger partial charge is 0.239 e. The van der Waals surface area contributed by atoms with Gasteiger partial charge in [0.15, 0.2) is 0 Å². The number of nitrogen functional groups attached to an aromatic ring is 1. The third-order valence-corrected chi connectivity index (χ3v) is 3.82. The van der Waals surface area contributed by atoms with Crippen LogP contribution in [0, 0.1) is 0 Å². The molecule has 19 heavy (non-hydrogen) atoms. The lowest BCUT2D eigenvalue weighted by Gasteiger charge is -2.32. The zero-order chi connectivity index (χ0) is 13.1. The molecule has 0 saturated carbocycles. The number of anilines is 2. The van der Waals surface area contributed by atoms with Gasteiger partial charge in [0.05, 0.1) is 13.2 Å². The van der Waals surface area contributed by atoms with Crippen LogP contribution in [0.1, 0.15) is 6.42 Å². The summed E-state index contributed by atoms with van der Waals surface area (Å²) in [6, 6.07) is 2.54. The Hall–Kier alpha value is -1.44. The van der Waals surface area contributed by atoms with Crippen molar-refractivity contribution in [2.75, 3.05) is 49.7 Å². The summed E-state index contributed by atoms with van der Waals surface area (Å²) >= 11 is 0. The zero-order valence-electron chi connectivity index (χ0n) is 11.0. The predicted octanol–water partition coefficient (Wildman–Crippen LogP) is -0.327. The highest BCUT2D eigenvalue weighted by atomic mass is 16.5. The van der Waals surface area contributed by atoms with E-state index >= 15 is 0 Å². The van der Waals surface area contributed by atoms with E-state index < -0.39 is 0 Å². The van der Waals surface area contributed by atoms with Crippen LogP contribution >= 0.6 is 0 Å². The number of hydrogen-bond donors (Lipinski definition) is 2. The molecule has 0 spiro atoms. The molecule has 104 valence electrons. The predicted molar refractivity (Wildman–Crippen MR) is 72.9 cm³/mol. The van der Waals surface area contributed by atoms with E-state index in [2.05, 4.69) is 25.2 Å². The summed E-state index contributed by atoms with van der Waals surface area (Å²) in [6.07, 6.45) is 2.91. The van der Waals surface area contributed by atoms with Crippen LogP contribution in [0.3, 0.4) is 0 Å². The molecule has 1 aromatic rings. The Morgan fingerprint density at radius 1 is 1.32 bits per heavy atom. The summed E-state index contributed by atoms with van der Waals surface area (Å²) in [7, 11) is 0. The van der Waals surface area contributed by atoms with Crippen molar-refractivity contribution in [3.05, 3.63) is 12.3 Å². The Labute approximate surface area is 112 Å². The van der Waals surface area contributed by atoms with Gasteiger partial charge in [-0.2, -0.15) is 4.98 Å². The summed E-state index contributed by atoms with van der Waals surface area (Å²) in [5, 5.41) is 0. The van der Waals surface area contributed by atoms with Crippen molar-refractivity contribution in [3.8, 4) is 0 Å². The maximum absolute atomic E-state index is 5.40. The van der Waals surface area contributed by atoms with Gasteiger partial charge in [0, 0.05) is 38.4 Å². The first-order chi connectivity index (χ1) is 9.36. The third-order valence-electron chi connectivity index (χ3n) is 3.82. The normalized spacial score (nSPS) is 24.7. The quantitative estimate of drug-likeness (QED) is 0.572. The molecule has 3 N–H and O–H groups in total. The van der Waals surface area contributed by atoms with Crippen molar-refractivity contribution in [1.29, 1.82) is 0 Å². The first-order valence-corrected chi connectivity index (χ1v) is 6.73. The van der Waals surface area contributed by atoms with Gasteiger partial charge in [0.1, 0.15) is 5.82 Å². The minimum atomic E-state index is 0.465. The Balaban J connectivity index is 1.64. The number of aromatic nitrogens is 2. The summed E-state index contributed by atoms with van der Waals surface area (Å²) < 4.78 is 5.40. The number of hydrazine groups is 1. The van der Waals surface area contributed by atoms with Crippen LogP contribution in [-0.4, -0.2) is 60.3 Å². The van der Waals surface area contributed by atoms with E-state index in [1.807, 2.05) is 6.07 Å². The van der Waals surface area contributed by atoms with Crippen molar-refractivity contribution in [3.63, 3.8) is 0 Å². The second-order valence-corrected chi connectivity index (χ2v) is 4.92. The largest absolute Gasteiger partial charge is 0.379 e. The first-order valence-electron chi connectivity index (χ1n) is 6.73. The van der Waals surface area contributed by atoms with E-state index in [0.29, 0.717) is 12.0 Å². The molecule has 7 nitrogen and oxygen atoms in total. The average molecular weight is 264 g/mol. The molecule has 2 saturated heterocycles. The second kappa shape index (κ2) is 5.68. The van der Waals surface area contributed by atoms with E-state index in [1.54, 1.807) is 6.20 Å². The number of morpholine rings is 1. The SMILES string of the molecule is NNc1nccc(N2CCC(N3CCOCC3)C2)n1. The van der Waals surface area contributed by atoms with Gasteiger partial charge in [-0.25, -0.2) is 10.8 Å². The Morgan fingerprint density at radius 3 is 2.95 bits per heavy atom. The van der Waals surface area contributed by atoms with Crippen molar-refractivity contribution >= 4 is 11.8 Å². The van der Waals surface area contributed by atoms with Crippen LogP contribution in [0.25, 0.3) is 0 Å². The van der Waals surface area contributed by atoms with Crippen LogP contribution in [0.4, 0.5) is 11.8 Å². The first kappa shape index (κ1) is 12.6. The molecule has 3 heterocycles. The highest BCUT2D eigenvalue weighted by molar-refractivity contribution is 5.43. The molecule has 2 aliphatic rings. The minimum Gasteiger partial charge on any atom is -0.379 e. The maximum atomic E-state index is 5.40. The number of hydrogen-bond acceptors (Lipinski definition) is 7. The number of nitrogens with zero attached hydrogens (tertiary/aromatic N) is 4. The topological polar surface area (TPSA) is 79.5 Å².